The lowest BCUT2D eigenvalue weighted by molar-refractivity contribution is 0.0672. The van der Waals surface area contributed by atoms with Crippen LogP contribution in [0.25, 0.3) is 0 Å². The van der Waals surface area contributed by atoms with Gasteiger partial charge in [0.25, 0.3) is 11.8 Å². The highest BCUT2D eigenvalue weighted by atomic mass is 16.5. The van der Waals surface area contributed by atoms with Crippen molar-refractivity contribution in [3.05, 3.63) is 77.4 Å². The van der Waals surface area contributed by atoms with E-state index in [0.29, 0.717) is 59.4 Å². The molecule has 3 rings (SSSR count). The molecule has 3 aromatic rings. The third-order valence-electron chi connectivity index (χ3n) is 6.29. The maximum absolute atomic E-state index is 13.7. The fraction of sp³-hybridized carbons (Fsp3) is 0.333. The summed E-state index contributed by atoms with van der Waals surface area (Å²) < 4.78 is 21.3. The molecular formula is C30H37N3O6. The van der Waals surface area contributed by atoms with Crippen LogP contribution in [0.1, 0.15) is 40.1 Å². The number of anilines is 1. The molecule has 9 heteroatoms. The van der Waals surface area contributed by atoms with E-state index in [4.69, 9.17) is 24.7 Å². The molecule has 0 fully saturated rings. The smallest absolute Gasteiger partial charge is 0.255 e. The monoisotopic (exact) mass is 535 g/mol. The number of nitrogens with one attached hydrogen (secondary N) is 1. The summed E-state index contributed by atoms with van der Waals surface area (Å²) in [7, 11) is 6.14. The molecule has 0 unspecified atom stereocenters. The molecule has 0 aromatic heterocycles. The Bertz CT molecular complexity index is 1310. The molecule has 0 atom stereocenters. The molecule has 0 radical (unpaired) electrons. The van der Waals surface area contributed by atoms with E-state index >= 15 is 0 Å². The molecule has 2 amide bonds. The van der Waals surface area contributed by atoms with Crippen molar-refractivity contribution in [2.75, 3.05) is 46.8 Å². The Morgan fingerprint density at radius 2 is 1.36 bits per heavy atom. The number of amides is 2. The van der Waals surface area contributed by atoms with Crippen LogP contribution >= 0.6 is 0 Å². The quantitative estimate of drug-likeness (QED) is 0.349. The van der Waals surface area contributed by atoms with Crippen molar-refractivity contribution in [2.24, 2.45) is 11.1 Å². The number of hydrogen-bond acceptors (Lipinski definition) is 7. The van der Waals surface area contributed by atoms with Gasteiger partial charge in [-0.15, -0.1) is 0 Å². The standard InChI is InChI=1S/C30H37N3O6/c1-30(2,18-31)19-33(29(35)22-11-13-25(37-4)27(16-22)39-6)17-20-8-7-9-23(14-20)32-28(34)21-10-12-24(36-3)26(15-21)38-5/h7-16H,17-19,31H2,1-6H3,(H,32,34). The predicted molar refractivity (Wildman–Crippen MR) is 151 cm³/mol. The Kier molecular flexibility index (Phi) is 9.78. The third-order valence-corrected chi connectivity index (χ3v) is 6.29. The van der Waals surface area contributed by atoms with Gasteiger partial charge >= 0.3 is 0 Å². The van der Waals surface area contributed by atoms with Gasteiger partial charge in [0.15, 0.2) is 23.0 Å². The minimum Gasteiger partial charge on any atom is -0.493 e. The van der Waals surface area contributed by atoms with Crippen LogP contribution in [0.2, 0.25) is 0 Å². The summed E-state index contributed by atoms with van der Waals surface area (Å²) in [6, 6.07) is 17.5. The number of nitrogens with two attached hydrogens (primary N) is 1. The second-order valence-corrected chi connectivity index (χ2v) is 9.82. The summed E-state index contributed by atoms with van der Waals surface area (Å²) in [4.78, 5) is 28.4. The number of carbonyl (C=O) groups excluding carboxylic acids is 2. The fourth-order valence-electron chi connectivity index (χ4n) is 4.08. The molecule has 0 heterocycles. The Morgan fingerprint density at radius 1 is 0.795 bits per heavy atom. The molecular weight excluding hydrogens is 498 g/mol. The predicted octanol–water partition coefficient (Wildman–Crippen LogP) is 4.60. The summed E-state index contributed by atoms with van der Waals surface area (Å²) >= 11 is 0. The molecule has 0 spiro atoms. The minimum atomic E-state index is -0.314. The molecule has 0 aliphatic heterocycles. The first-order chi connectivity index (χ1) is 18.6. The summed E-state index contributed by atoms with van der Waals surface area (Å²) in [5.41, 5.74) is 8.04. The van der Waals surface area contributed by atoms with E-state index in [0.717, 1.165) is 5.56 Å². The Labute approximate surface area is 229 Å². The van der Waals surface area contributed by atoms with Crippen LogP contribution in [-0.2, 0) is 6.54 Å². The normalized spacial score (nSPS) is 10.9. The Morgan fingerprint density at radius 3 is 1.92 bits per heavy atom. The summed E-state index contributed by atoms with van der Waals surface area (Å²) in [6.07, 6.45) is 0. The minimum absolute atomic E-state index is 0.169. The van der Waals surface area contributed by atoms with E-state index < -0.39 is 0 Å². The van der Waals surface area contributed by atoms with Crippen LogP contribution in [0, 0.1) is 5.41 Å². The van der Waals surface area contributed by atoms with Crippen molar-refractivity contribution < 1.29 is 28.5 Å². The van der Waals surface area contributed by atoms with E-state index in [2.05, 4.69) is 5.32 Å². The lowest BCUT2D eigenvalue weighted by Gasteiger charge is -2.32. The van der Waals surface area contributed by atoms with Gasteiger partial charge < -0.3 is 34.9 Å². The molecule has 3 aromatic carbocycles. The van der Waals surface area contributed by atoms with Crippen molar-refractivity contribution in [3.8, 4) is 23.0 Å². The highest BCUT2D eigenvalue weighted by Gasteiger charge is 2.26. The lowest BCUT2D eigenvalue weighted by Crippen LogP contribution is -2.41. The van der Waals surface area contributed by atoms with Gasteiger partial charge in [-0.3, -0.25) is 9.59 Å². The van der Waals surface area contributed by atoms with Crippen molar-refractivity contribution in [2.45, 2.75) is 20.4 Å². The van der Waals surface area contributed by atoms with Gasteiger partial charge in [-0.25, -0.2) is 0 Å². The zero-order valence-corrected chi connectivity index (χ0v) is 23.4. The van der Waals surface area contributed by atoms with Crippen LogP contribution in [0.4, 0.5) is 5.69 Å². The Balaban J connectivity index is 1.85. The zero-order valence-electron chi connectivity index (χ0n) is 23.4. The first-order valence-electron chi connectivity index (χ1n) is 12.5. The third kappa shape index (κ3) is 7.42. The molecule has 0 aliphatic carbocycles. The van der Waals surface area contributed by atoms with Crippen LogP contribution < -0.4 is 30.0 Å². The maximum atomic E-state index is 13.7. The van der Waals surface area contributed by atoms with Gasteiger partial charge in [-0.2, -0.15) is 0 Å². The number of nitrogens with zero attached hydrogens (tertiary/aromatic N) is 1. The molecule has 39 heavy (non-hydrogen) atoms. The van der Waals surface area contributed by atoms with Crippen molar-refractivity contribution in [1.82, 2.24) is 4.90 Å². The van der Waals surface area contributed by atoms with E-state index in [1.807, 2.05) is 32.0 Å². The van der Waals surface area contributed by atoms with Gasteiger partial charge in [0.05, 0.1) is 28.4 Å². The molecule has 9 nitrogen and oxygen atoms in total. The van der Waals surface area contributed by atoms with Crippen LogP contribution in [-0.4, -0.2) is 58.2 Å². The van der Waals surface area contributed by atoms with E-state index in [9.17, 15) is 9.59 Å². The summed E-state index contributed by atoms with van der Waals surface area (Å²) in [6.45, 7) is 5.18. The van der Waals surface area contributed by atoms with E-state index in [1.54, 1.807) is 54.5 Å². The number of benzene rings is 3. The number of carbonyl (C=O) groups is 2. The van der Waals surface area contributed by atoms with Gasteiger partial charge in [0.1, 0.15) is 0 Å². The lowest BCUT2D eigenvalue weighted by atomic mass is 9.92. The summed E-state index contributed by atoms with van der Waals surface area (Å²) in [5.74, 6) is 1.55. The average molecular weight is 536 g/mol. The molecule has 0 bridgehead atoms. The molecule has 0 saturated heterocycles. The van der Waals surface area contributed by atoms with Gasteiger partial charge in [0, 0.05) is 29.9 Å². The second-order valence-electron chi connectivity index (χ2n) is 9.82. The topological polar surface area (TPSA) is 112 Å². The zero-order chi connectivity index (χ0) is 28.6. The highest BCUT2D eigenvalue weighted by molar-refractivity contribution is 6.04. The van der Waals surface area contributed by atoms with Gasteiger partial charge in [-0.05, 0) is 66.1 Å². The van der Waals surface area contributed by atoms with Crippen LogP contribution in [0.3, 0.4) is 0 Å². The average Bonchev–Trinajstić information content (AvgIpc) is 2.95. The fourth-order valence-corrected chi connectivity index (χ4v) is 4.08. The molecule has 208 valence electrons. The maximum Gasteiger partial charge on any atom is 0.255 e. The van der Waals surface area contributed by atoms with Crippen molar-refractivity contribution >= 4 is 17.5 Å². The molecule has 3 N–H and O–H groups in total. The van der Waals surface area contributed by atoms with Crippen LogP contribution in [0.15, 0.2) is 60.7 Å². The first kappa shape index (κ1) is 29.3. The van der Waals surface area contributed by atoms with Crippen molar-refractivity contribution in [3.63, 3.8) is 0 Å². The number of hydrogen-bond donors (Lipinski definition) is 2. The second kappa shape index (κ2) is 13.0. The van der Waals surface area contributed by atoms with E-state index in [-0.39, 0.29) is 17.2 Å². The molecule has 0 aliphatic rings. The number of methoxy groups -OCH3 is 4. The van der Waals surface area contributed by atoms with Gasteiger partial charge in [0.2, 0.25) is 0 Å². The highest BCUT2D eigenvalue weighted by Crippen LogP contribution is 2.30. The summed E-state index contributed by atoms with van der Waals surface area (Å²) in [5, 5.41) is 2.92. The van der Waals surface area contributed by atoms with E-state index in [1.165, 1.54) is 21.3 Å². The van der Waals surface area contributed by atoms with Crippen molar-refractivity contribution in [1.29, 1.82) is 0 Å². The van der Waals surface area contributed by atoms with Crippen LogP contribution in [0.5, 0.6) is 23.0 Å². The first-order valence-corrected chi connectivity index (χ1v) is 12.5. The number of rotatable bonds is 12. The number of ether oxygens (including phenoxy) is 4. The largest absolute Gasteiger partial charge is 0.493 e. The van der Waals surface area contributed by atoms with Gasteiger partial charge in [-0.1, -0.05) is 26.0 Å². The molecule has 0 saturated carbocycles. The Hall–Kier alpha value is -4.24. The SMILES string of the molecule is COc1ccc(C(=O)Nc2cccc(CN(CC(C)(C)CN)C(=O)c3ccc(OC)c(OC)c3)c2)cc1OC.